The fraction of sp³-hybridized carbons (Fsp3) is 0.667. The van der Waals surface area contributed by atoms with Gasteiger partial charge in [-0.05, 0) is 5.92 Å². The van der Waals surface area contributed by atoms with Crippen LogP contribution in [0, 0.1) is 5.92 Å². The highest BCUT2D eigenvalue weighted by Gasteiger charge is 2.31. The van der Waals surface area contributed by atoms with E-state index in [0.717, 1.165) is 0 Å². The van der Waals surface area contributed by atoms with E-state index in [4.69, 9.17) is 16.6 Å². The molecule has 0 saturated carbocycles. The number of carboxylic acids is 1. The van der Waals surface area contributed by atoms with Crippen LogP contribution in [0.3, 0.4) is 0 Å². The van der Waals surface area contributed by atoms with Gasteiger partial charge in [0.1, 0.15) is 18.6 Å². The molecule has 0 heterocycles. The average molecular weight is 389 g/mol. The topological polar surface area (TPSA) is 214 Å². The minimum Gasteiger partial charge on any atom is -0.480 e. The molecule has 154 valence electrons. The largest absolute Gasteiger partial charge is 0.480 e. The molecule has 0 fully saturated rings. The third-order valence-corrected chi connectivity index (χ3v) is 3.78. The maximum Gasteiger partial charge on any atom is 0.322 e. The number of nitrogens with two attached hydrogens (primary N) is 2. The Hall–Kier alpha value is -2.73. The molecule has 0 rings (SSSR count). The molecule has 0 radical (unpaired) electrons. The quantitative estimate of drug-likeness (QED) is 0.176. The molecule has 0 aromatic rings. The van der Waals surface area contributed by atoms with Gasteiger partial charge in [-0.25, -0.2) is 0 Å². The number of aliphatic carboxylic acids is 1. The standard InChI is InChI=1S/C15H27N5O7/c1-3-7(2)12(20-13(25)8(16)4-10(17)22)15(27)19-9(6-21)14(26)18-5-11(23)24/h7-9,12,21H,3-6,16H2,1-2H3,(H2,17,22)(H,18,26)(H,19,27)(H,20,25)(H,23,24). The third-order valence-electron chi connectivity index (χ3n) is 3.78. The third kappa shape index (κ3) is 8.96. The summed E-state index contributed by atoms with van der Waals surface area (Å²) >= 11 is 0. The Kier molecular flexibility index (Phi) is 10.6. The normalized spacial score (nSPS) is 15.0. The van der Waals surface area contributed by atoms with Crippen molar-refractivity contribution in [2.45, 2.75) is 44.8 Å². The van der Waals surface area contributed by atoms with Gasteiger partial charge in [-0.1, -0.05) is 20.3 Å². The highest BCUT2D eigenvalue weighted by molar-refractivity contribution is 5.94. The molecule has 0 aliphatic carbocycles. The molecule has 0 saturated heterocycles. The van der Waals surface area contributed by atoms with Crippen LogP contribution in [0.4, 0.5) is 0 Å². The Labute approximate surface area is 156 Å². The Bertz CT molecular complexity index is 569. The first-order chi connectivity index (χ1) is 12.5. The van der Waals surface area contributed by atoms with Crippen LogP contribution in [0.2, 0.25) is 0 Å². The van der Waals surface area contributed by atoms with Crippen LogP contribution in [-0.4, -0.2) is 71.1 Å². The summed E-state index contributed by atoms with van der Waals surface area (Å²) in [6, 6.07) is -3.74. The lowest BCUT2D eigenvalue weighted by atomic mass is 9.97. The monoisotopic (exact) mass is 389 g/mol. The lowest BCUT2D eigenvalue weighted by Gasteiger charge is -2.26. The summed E-state index contributed by atoms with van der Waals surface area (Å²) in [5, 5.41) is 24.5. The second-order valence-electron chi connectivity index (χ2n) is 6.00. The molecule has 0 bridgehead atoms. The maximum absolute atomic E-state index is 12.5. The highest BCUT2D eigenvalue weighted by atomic mass is 16.4. The van der Waals surface area contributed by atoms with E-state index in [1.807, 2.05) is 5.32 Å². The molecule has 9 N–H and O–H groups in total. The number of carbonyl (C=O) groups is 5. The molecule has 4 amide bonds. The smallest absolute Gasteiger partial charge is 0.322 e. The van der Waals surface area contributed by atoms with Crippen molar-refractivity contribution in [2.24, 2.45) is 17.4 Å². The van der Waals surface area contributed by atoms with E-state index in [1.165, 1.54) is 0 Å². The molecule has 27 heavy (non-hydrogen) atoms. The number of hydrogen-bond donors (Lipinski definition) is 7. The van der Waals surface area contributed by atoms with Crippen LogP contribution in [0.1, 0.15) is 26.7 Å². The minimum atomic E-state index is -1.40. The van der Waals surface area contributed by atoms with Crippen LogP contribution in [-0.2, 0) is 24.0 Å². The van der Waals surface area contributed by atoms with Crippen molar-refractivity contribution < 1.29 is 34.2 Å². The van der Waals surface area contributed by atoms with E-state index in [9.17, 15) is 29.1 Å². The van der Waals surface area contributed by atoms with E-state index >= 15 is 0 Å². The first-order valence-corrected chi connectivity index (χ1v) is 8.28. The van der Waals surface area contributed by atoms with Gasteiger partial charge in [0.2, 0.25) is 23.6 Å². The number of carbonyl (C=O) groups excluding carboxylic acids is 4. The number of aliphatic hydroxyl groups excluding tert-OH is 1. The molecule has 4 unspecified atom stereocenters. The van der Waals surface area contributed by atoms with Crippen molar-refractivity contribution >= 4 is 29.6 Å². The molecule has 12 nitrogen and oxygen atoms in total. The highest BCUT2D eigenvalue weighted by Crippen LogP contribution is 2.09. The summed E-state index contributed by atoms with van der Waals surface area (Å²) in [5.74, 6) is -4.88. The molecule has 0 aromatic carbocycles. The Morgan fingerprint density at radius 1 is 1.04 bits per heavy atom. The zero-order valence-electron chi connectivity index (χ0n) is 15.2. The van der Waals surface area contributed by atoms with Crippen LogP contribution in [0.15, 0.2) is 0 Å². The first kappa shape index (κ1) is 24.3. The van der Waals surface area contributed by atoms with Crippen molar-refractivity contribution in [3.8, 4) is 0 Å². The Morgan fingerprint density at radius 2 is 1.63 bits per heavy atom. The van der Waals surface area contributed by atoms with E-state index in [1.54, 1.807) is 13.8 Å². The second kappa shape index (κ2) is 11.8. The van der Waals surface area contributed by atoms with Crippen molar-refractivity contribution in [2.75, 3.05) is 13.2 Å². The van der Waals surface area contributed by atoms with Gasteiger partial charge in [0, 0.05) is 0 Å². The van der Waals surface area contributed by atoms with Crippen molar-refractivity contribution in [1.29, 1.82) is 0 Å². The van der Waals surface area contributed by atoms with Gasteiger partial charge in [-0.15, -0.1) is 0 Å². The summed E-state index contributed by atoms with van der Waals surface area (Å²) < 4.78 is 0. The molecule has 0 aromatic heterocycles. The van der Waals surface area contributed by atoms with Crippen molar-refractivity contribution in [1.82, 2.24) is 16.0 Å². The number of amides is 4. The van der Waals surface area contributed by atoms with E-state index in [0.29, 0.717) is 6.42 Å². The Balaban J connectivity index is 5.09. The van der Waals surface area contributed by atoms with Gasteiger partial charge >= 0.3 is 5.97 Å². The predicted molar refractivity (Wildman–Crippen MR) is 92.8 cm³/mol. The molecular formula is C15H27N5O7. The summed E-state index contributed by atoms with van der Waals surface area (Å²) in [4.78, 5) is 57.7. The summed E-state index contributed by atoms with van der Waals surface area (Å²) in [7, 11) is 0. The predicted octanol–water partition coefficient (Wildman–Crippen LogP) is -3.60. The summed E-state index contributed by atoms with van der Waals surface area (Å²) in [6.07, 6.45) is 0.0793. The lowest BCUT2D eigenvalue weighted by molar-refractivity contribution is -0.139. The van der Waals surface area contributed by atoms with Crippen molar-refractivity contribution in [3.05, 3.63) is 0 Å². The van der Waals surface area contributed by atoms with Gasteiger partial charge in [-0.2, -0.15) is 0 Å². The molecule has 0 spiro atoms. The number of hydrogen-bond acceptors (Lipinski definition) is 7. The molecular weight excluding hydrogens is 362 g/mol. The fourth-order valence-electron chi connectivity index (χ4n) is 2.01. The lowest BCUT2D eigenvalue weighted by Crippen LogP contribution is -2.58. The van der Waals surface area contributed by atoms with Crippen LogP contribution >= 0.6 is 0 Å². The van der Waals surface area contributed by atoms with E-state index in [2.05, 4.69) is 10.6 Å². The van der Waals surface area contributed by atoms with E-state index in [-0.39, 0.29) is 5.92 Å². The first-order valence-electron chi connectivity index (χ1n) is 8.28. The zero-order chi connectivity index (χ0) is 21.1. The number of rotatable bonds is 12. The second-order valence-corrected chi connectivity index (χ2v) is 6.00. The van der Waals surface area contributed by atoms with Crippen LogP contribution < -0.4 is 27.4 Å². The van der Waals surface area contributed by atoms with Gasteiger partial charge in [0.15, 0.2) is 0 Å². The van der Waals surface area contributed by atoms with Gasteiger partial charge in [0.25, 0.3) is 0 Å². The number of aliphatic hydroxyl groups is 1. The molecule has 0 aliphatic heterocycles. The molecule has 12 heteroatoms. The van der Waals surface area contributed by atoms with E-state index < -0.39 is 67.3 Å². The molecule has 0 aliphatic rings. The van der Waals surface area contributed by atoms with Crippen LogP contribution in [0.25, 0.3) is 0 Å². The van der Waals surface area contributed by atoms with Gasteiger partial charge < -0.3 is 37.6 Å². The van der Waals surface area contributed by atoms with Crippen LogP contribution in [0.5, 0.6) is 0 Å². The Morgan fingerprint density at radius 3 is 2.07 bits per heavy atom. The minimum absolute atomic E-state index is 0.365. The molecule has 4 atom stereocenters. The maximum atomic E-state index is 12.5. The zero-order valence-corrected chi connectivity index (χ0v) is 15.2. The summed E-state index contributed by atoms with van der Waals surface area (Å²) in [5.41, 5.74) is 10.5. The number of nitrogens with one attached hydrogen (secondary N) is 3. The number of carboxylic acid groups (broad SMARTS) is 1. The SMILES string of the molecule is CCC(C)C(NC(=O)C(N)CC(N)=O)C(=O)NC(CO)C(=O)NCC(=O)O. The average Bonchev–Trinajstić information content (AvgIpc) is 2.60. The summed E-state index contributed by atoms with van der Waals surface area (Å²) in [6.45, 7) is 1.98. The fourth-order valence-corrected chi connectivity index (χ4v) is 2.01. The van der Waals surface area contributed by atoms with Gasteiger partial charge in [0.05, 0.1) is 19.1 Å². The van der Waals surface area contributed by atoms with Gasteiger partial charge in [-0.3, -0.25) is 24.0 Å². The van der Waals surface area contributed by atoms with Crippen molar-refractivity contribution in [3.63, 3.8) is 0 Å². The number of primary amides is 1.